The molecule has 0 bridgehead atoms. The van der Waals surface area contributed by atoms with Crippen LogP contribution in [0.1, 0.15) is 46.5 Å². The molecule has 0 aliphatic carbocycles. The first kappa shape index (κ1) is 14.5. The Morgan fingerprint density at radius 1 is 1.41 bits per heavy atom. The fourth-order valence-electron chi connectivity index (χ4n) is 2.75. The SMILES string of the molecule is CCNC(CCN1[C@H](C)CCC[C@@H]1C)C(=O)O. The Labute approximate surface area is 104 Å². The summed E-state index contributed by atoms with van der Waals surface area (Å²) in [5.41, 5.74) is 0. The van der Waals surface area contributed by atoms with Crippen LogP contribution in [0.4, 0.5) is 0 Å². The number of likely N-dealkylation sites (tertiary alicyclic amines) is 1. The number of nitrogens with zero attached hydrogens (tertiary/aromatic N) is 1. The number of nitrogens with one attached hydrogen (secondary N) is 1. The summed E-state index contributed by atoms with van der Waals surface area (Å²) in [6.45, 7) is 8.04. The van der Waals surface area contributed by atoms with Gasteiger partial charge in [-0.25, -0.2) is 0 Å². The van der Waals surface area contributed by atoms with Gasteiger partial charge in [-0.15, -0.1) is 0 Å². The number of carbonyl (C=O) groups is 1. The largest absolute Gasteiger partial charge is 0.480 e. The Morgan fingerprint density at radius 3 is 2.47 bits per heavy atom. The zero-order valence-electron chi connectivity index (χ0n) is 11.3. The molecule has 3 atom stereocenters. The molecule has 2 N–H and O–H groups in total. The molecular formula is C13H26N2O2. The second kappa shape index (κ2) is 6.97. The second-order valence-electron chi connectivity index (χ2n) is 5.10. The van der Waals surface area contributed by atoms with Gasteiger partial charge < -0.3 is 10.4 Å². The van der Waals surface area contributed by atoms with Crippen molar-refractivity contribution in [3.05, 3.63) is 0 Å². The van der Waals surface area contributed by atoms with Crippen molar-refractivity contribution in [3.63, 3.8) is 0 Å². The van der Waals surface area contributed by atoms with Gasteiger partial charge in [0.2, 0.25) is 0 Å². The zero-order chi connectivity index (χ0) is 12.8. The van der Waals surface area contributed by atoms with Crippen LogP contribution >= 0.6 is 0 Å². The number of likely N-dealkylation sites (N-methyl/N-ethyl adjacent to an activating group) is 1. The Bertz CT molecular complexity index is 236. The Morgan fingerprint density at radius 2 is 2.00 bits per heavy atom. The van der Waals surface area contributed by atoms with Crippen LogP contribution in [0.15, 0.2) is 0 Å². The van der Waals surface area contributed by atoms with Crippen molar-refractivity contribution in [1.29, 1.82) is 0 Å². The number of aliphatic carboxylic acids is 1. The van der Waals surface area contributed by atoms with Crippen molar-refractivity contribution >= 4 is 5.97 Å². The Balaban J connectivity index is 2.43. The van der Waals surface area contributed by atoms with Gasteiger partial charge >= 0.3 is 5.97 Å². The lowest BCUT2D eigenvalue weighted by atomic mass is 9.97. The second-order valence-corrected chi connectivity index (χ2v) is 5.10. The average molecular weight is 242 g/mol. The molecule has 0 spiro atoms. The van der Waals surface area contributed by atoms with E-state index in [4.69, 9.17) is 5.11 Å². The molecule has 0 aromatic heterocycles. The molecule has 1 heterocycles. The maximum Gasteiger partial charge on any atom is 0.320 e. The van der Waals surface area contributed by atoms with Crippen LogP contribution in [-0.2, 0) is 4.79 Å². The fraction of sp³-hybridized carbons (Fsp3) is 0.923. The molecule has 0 aromatic rings. The normalized spacial score (nSPS) is 27.9. The van der Waals surface area contributed by atoms with Crippen molar-refractivity contribution in [2.45, 2.75) is 64.6 Å². The highest BCUT2D eigenvalue weighted by molar-refractivity contribution is 5.73. The summed E-state index contributed by atoms with van der Waals surface area (Å²) >= 11 is 0. The van der Waals surface area contributed by atoms with Crippen LogP contribution in [0, 0.1) is 0 Å². The summed E-state index contributed by atoms with van der Waals surface area (Å²) < 4.78 is 0. The molecule has 0 aromatic carbocycles. The van der Waals surface area contributed by atoms with Gasteiger partial charge in [0.1, 0.15) is 6.04 Å². The van der Waals surface area contributed by atoms with Crippen molar-refractivity contribution in [3.8, 4) is 0 Å². The minimum atomic E-state index is -0.732. The summed E-state index contributed by atoms with van der Waals surface area (Å²) in [5.74, 6) is -0.732. The van der Waals surface area contributed by atoms with E-state index in [9.17, 15) is 4.79 Å². The van der Waals surface area contributed by atoms with Crippen LogP contribution in [0.3, 0.4) is 0 Å². The first-order valence-electron chi connectivity index (χ1n) is 6.78. The Kier molecular flexibility index (Phi) is 5.92. The highest BCUT2D eigenvalue weighted by atomic mass is 16.4. The smallest absolute Gasteiger partial charge is 0.320 e. The molecule has 17 heavy (non-hydrogen) atoms. The van der Waals surface area contributed by atoms with E-state index in [1.165, 1.54) is 19.3 Å². The van der Waals surface area contributed by atoms with Crippen molar-refractivity contribution < 1.29 is 9.90 Å². The minimum absolute atomic E-state index is 0.402. The van der Waals surface area contributed by atoms with Crippen LogP contribution in [-0.4, -0.2) is 47.2 Å². The van der Waals surface area contributed by atoms with Crippen LogP contribution in [0.2, 0.25) is 0 Å². The minimum Gasteiger partial charge on any atom is -0.480 e. The summed E-state index contributed by atoms with van der Waals surface area (Å²) in [7, 11) is 0. The molecule has 100 valence electrons. The number of hydrogen-bond acceptors (Lipinski definition) is 3. The predicted molar refractivity (Wildman–Crippen MR) is 69.2 cm³/mol. The maximum absolute atomic E-state index is 11.0. The summed E-state index contributed by atoms with van der Waals surface area (Å²) in [5, 5.41) is 12.1. The van der Waals surface area contributed by atoms with Crippen molar-refractivity contribution in [1.82, 2.24) is 10.2 Å². The average Bonchev–Trinajstić information content (AvgIpc) is 2.26. The van der Waals surface area contributed by atoms with Crippen LogP contribution < -0.4 is 5.32 Å². The molecule has 1 rings (SSSR count). The van der Waals surface area contributed by atoms with Gasteiger partial charge in [-0.2, -0.15) is 0 Å². The lowest BCUT2D eigenvalue weighted by Crippen LogP contribution is -2.47. The van der Waals surface area contributed by atoms with Crippen molar-refractivity contribution in [2.24, 2.45) is 0 Å². The maximum atomic E-state index is 11.0. The molecule has 0 saturated carbocycles. The van der Waals surface area contributed by atoms with Crippen LogP contribution in [0.25, 0.3) is 0 Å². The van der Waals surface area contributed by atoms with E-state index in [1.54, 1.807) is 0 Å². The monoisotopic (exact) mass is 242 g/mol. The summed E-state index contributed by atoms with van der Waals surface area (Å²) in [6.07, 6.45) is 4.47. The molecule has 1 unspecified atom stereocenters. The summed E-state index contributed by atoms with van der Waals surface area (Å²) in [6, 6.07) is 0.783. The molecule has 4 nitrogen and oxygen atoms in total. The van der Waals surface area contributed by atoms with E-state index in [0.717, 1.165) is 6.54 Å². The van der Waals surface area contributed by atoms with Gasteiger partial charge in [-0.3, -0.25) is 9.69 Å². The molecule has 1 saturated heterocycles. The standard InChI is InChI=1S/C13H26N2O2/c1-4-14-12(13(16)17)8-9-15-10(2)6-5-7-11(15)3/h10-12,14H,4-9H2,1-3H3,(H,16,17)/t10-,11+,12?. The van der Waals surface area contributed by atoms with Crippen LogP contribution in [0.5, 0.6) is 0 Å². The van der Waals surface area contributed by atoms with Gasteiger partial charge in [0, 0.05) is 18.6 Å². The van der Waals surface area contributed by atoms with E-state index < -0.39 is 12.0 Å². The van der Waals surface area contributed by atoms with E-state index in [0.29, 0.717) is 25.0 Å². The number of rotatable bonds is 6. The third-order valence-corrected chi connectivity index (χ3v) is 3.80. The summed E-state index contributed by atoms with van der Waals surface area (Å²) in [4.78, 5) is 13.5. The van der Waals surface area contributed by atoms with Crippen molar-refractivity contribution in [2.75, 3.05) is 13.1 Å². The number of piperidine rings is 1. The van der Waals surface area contributed by atoms with Gasteiger partial charge in [0.05, 0.1) is 0 Å². The van der Waals surface area contributed by atoms with Gasteiger partial charge in [0.15, 0.2) is 0 Å². The predicted octanol–water partition coefficient (Wildman–Crippen LogP) is 1.70. The first-order valence-corrected chi connectivity index (χ1v) is 6.78. The highest BCUT2D eigenvalue weighted by Crippen LogP contribution is 2.22. The van der Waals surface area contributed by atoms with E-state index in [2.05, 4.69) is 24.1 Å². The third-order valence-electron chi connectivity index (χ3n) is 3.80. The molecule has 0 radical (unpaired) electrons. The molecule has 1 fully saturated rings. The van der Waals surface area contributed by atoms with E-state index >= 15 is 0 Å². The topological polar surface area (TPSA) is 52.6 Å². The number of hydrogen-bond donors (Lipinski definition) is 2. The molecule has 0 amide bonds. The quantitative estimate of drug-likeness (QED) is 0.744. The number of carboxylic acids is 1. The lowest BCUT2D eigenvalue weighted by Gasteiger charge is -2.39. The van der Waals surface area contributed by atoms with Gasteiger partial charge in [0.25, 0.3) is 0 Å². The molecule has 1 aliphatic rings. The third kappa shape index (κ3) is 4.28. The highest BCUT2D eigenvalue weighted by Gasteiger charge is 2.26. The van der Waals surface area contributed by atoms with Gasteiger partial charge in [-0.1, -0.05) is 13.3 Å². The molecule has 4 heteroatoms. The van der Waals surface area contributed by atoms with E-state index in [1.807, 2.05) is 6.92 Å². The molecule has 1 aliphatic heterocycles. The first-order chi connectivity index (χ1) is 8.06. The lowest BCUT2D eigenvalue weighted by molar-refractivity contribution is -0.139. The zero-order valence-corrected chi connectivity index (χ0v) is 11.3. The van der Waals surface area contributed by atoms with Gasteiger partial charge in [-0.05, 0) is 39.7 Å². The number of carboxylic acid groups (broad SMARTS) is 1. The van der Waals surface area contributed by atoms with E-state index in [-0.39, 0.29) is 0 Å². The Hall–Kier alpha value is -0.610. The fourth-order valence-corrected chi connectivity index (χ4v) is 2.75. The molecular weight excluding hydrogens is 216 g/mol.